The van der Waals surface area contributed by atoms with E-state index in [4.69, 9.17) is 9.47 Å². The minimum atomic E-state index is 0.399. The number of ether oxygens (including phenoxy) is 2. The van der Waals surface area contributed by atoms with E-state index in [1.165, 1.54) is 38.5 Å². The van der Waals surface area contributed by atoms with E-state index in [9.17, 15) is 0 Å². The van der Waals surface area contributed by atoms with Gasteiger partial charge in [-0.2, -0.15) is 0 Å². The van der Waals surface area contributed by atoms with Gasteiger partial charge in [-0.3, -0.25) is 0 Å². The molecule has 2 aliphatic heterocycles. The van der Waals surface area contributed by atoms with Crippen LogP contribution in [-0.4, -0.2) is 25.4 Å². The summed E-state index contributed by atoms with van der Waals surface area (Å²) < 4.78 is 11.7. The van der Waals surface area contributed by atoms with Crippen molar-refractivity contribution in [2.45, 2.75) is 78.4 Å². The summed E-state index contributed by atoms with van der Waals surface area (Å²) in [6.07, 6.45) is 8.56. The Morgan fingerprint density at radius 2 is 1.79 bits per heavy atom. The Bertz CT molecular complexity index is 266. The second kappa shape index (κ2) is 6.58. The lowest BCUT2D eigenvalue weighted by Gasteiger charge is -2.30. The standard InChI is InChI=1S/C17H32O2/c1-13(2)9-15-5-6-16(19-15)11-17(3,4)10-14-7-8-18-12-14/h13-16H,5-12H2,1-4H3/t14-,15+,16?/m0/s1. The summed E-state index contributed by atoms with van der Waals surface area (Å²) in [4.78, 5) is 0. The first-order chi connectivity index (χ1) is 8.94. The lowest BCUT2D eigenvalue weighted by molar-refractivity contribution is 0.00687. The molecule has 0 amide bonds. The van der Waals surface area contributed by atoms with E-state index in [-0.39, 0.29) is 0 Å². The van der Waals surface area contributed by atoms with Crippen molar-refractivity contribution in [3.8, 4) is 0 Å². The molecular formula is C17H32O2. The van der Waals surface area contributed by atoms with Gasteiger partial charge in [-0.05, 0) is 55.8 Å². The second-order valence-corrected chi connectivity index (χ2v) is 7.89. The fourth-order valence-electron chi connectivity index (χ4n) is 3.85. The SMILES string of the molecule is CC(C)C[C@H]1CCC(CC(C)(C)C[C@@H]2CCOC2)O1. The molecule has 2 rings (SSSR count). The van der Waals surface area contributed by atoms with Crippen molar-refractivity contribution in [3.63, 3.8) is 0 Å². The molecule has 0 aromatic heterocycles. The Kier molecular flexibility index (Phi) is 5.30. The molecule has 19 heavy (non-hydrogen) atoms. The van der Waals surface area contributed by atoms with Crippen LogP contribution in [0.15, 0.2) is 0 Å². The van der Waals surface area contributed by atoms with Gasteiger partial charge in [0.2, 0.25) is 0 Å². The Labute approximate surface area is 119 Å². The zero-order valence-electron chi connectivity index (χ0n) is 13.3. The topological polar surface area (TPSA) is 18.5 Å². The van der Waals surface area contributed by atoms with Crippen molar-refractivity contribution in [1.29, 1.82) is 0 Å². The van der Waals surface area contributed by atoms with Crippen molar-refractivity contribution in [3.05, 3.63) is 0 Å². The Morgan fingerprint density at radius 1 is 1.05 bits per heavy atom. The van der Waals surface area contributed by atoms with Crippen LogP contribution in [-0.2, 0) is 9.47 Å². The van der Waals surface area contributed by atoms with E-state index in [0.717, 1.165) is 25.0 Å². The van der Waals surface area contributed by atoms with Crippen LogP contribution in [0.4, 0.5) is 0 Å². The Balaban J connectivity index is 1.73. The summed E-state index contributed by atoms with van der Waals surface area (Å²) in [6, 6.07) is 0. The van der Waals surface area contributed by atoms with Crippen molar-refractivity contribution in [1.82, 2.24) is 0 Å². The maximum Gasteiger partial charge on any atom is 0.0585 e. The summed E-state index contributed by atoms with van der Waals surface area (Å²) >= 11 is 0. The zero-order valence-corrected chi connectivity index (χ0v) is 13.3. The molecule has 2 nitrogen and oxygen atoms in total. The van der Waals surface area contributed by atoms with Crippen molar-refractivity contribution >= 4 is 0 Å². The third-order valence-corrected chi connectivity index (χ3v) is 4.58. The lowest BCUT2D eigenvalue weighted by atomic mass is 9.78. The highest BCUT2D eigenvalue weighted by Crippen LogP contribution is 2.38. The molecule has 112 valence electrons. The van der Waals surface area contributed by atoms with Gasteiger partial charge in [-0.15, -0.1) is 0 Å². The summed E-state index contributed by atoms with van der Waals surface area (Å²) in [5.41, 5.74) is 0.399. The molecule has 3 atom stereocenters. The molecule has 2 heterocycles. The van der Waals surface area contributed by atoms with E-state index < -0.39 is 0 Å². The fraction of sp³-hybridized carbons (Fsp3) is 1.00. The van der Waals surface area contributed by atoms with Crippen LogP contribution < -0.4 is 0 Å². The average Bonchev–Trinajstić information content (AvgIpc) is 2.88. The van der Waals surface area contributed by atoms with Crippen LogP contribution >= 0.6 is 0 Å². The summed E-state index contributed by atoms with van der Waals surface area (Å²) in [5, 5.41) is 0. The predicted octanol–water partition coefficient (Wildman–Crippen LogP) is 4.42. The van der Waals surface area contributed by atoms with E-state index >= 15 is 0 Å². The lowest BCUT2D eigenvalue weighted by Crippen LogP contribution is -2.24. The molecule has 2 heteroatoms. The fourth-order valence-corrected chi connectivity index (χ4v) is 3.85. The van der Waals surface area contributed by atoms with Gasteiger partial charge in [0.15, 0.2) is 0 Å². The van der Waals surface area contributed by atoms with Crippen molar-refractivity contribution in [2.75, 3.05) is 13.2 Å². The van der Waals surface area contributed by atoms with Crippen LogP contribution in [0.3, 0.4) is 0 Å². The number of hydrogen-bond donors (Lipinski definition) is 0. The Morgan fingerprint density at radius 3 is 2.42 bits per heavy atom. The molecule has 1 unspecified atom stereocenters. The first kappa shape index (κ1) is 15.3. The predicted molar refractivity (Wildman–Crippen MR) is 79.3 cm³/mol. The maximum atomic E-state index is 6.24. The first-order valence-electron chi connectivity index (χ1n) is 8.18. The summed E-state index contributed by atoms with van der Waals surface area (Å²) in [5.74, 6) is 1.54. The number of rotatable bonds is 6. The van der Waals surface area contributed by atoms with E-state index in [1.54, 1.807) is 0 Å². The quantitative estimate of drug-likeness (QED) is 0.710. The molecule has 0 saturated carbocycles. The minimum Gasteiger partial charge on any atom is -0.381 e. The summed E-state index contributed by atoms with van der Waals surface area (Å²) in [7, 11) is 0. The molecule has 2 aliphatic rings. The van der Waals surface area contributed by atoms with E-state index in [1.807, 2.05) is 0 Å². The molecule has 2 saturated heterocycles. The van der Waals surface area contributed by atoms with Gasteiger partial charge in [0.25, 0.3) is 0 Å². The third kappa shape index (κ3) is 5.07. The molecule has 0 aromatic carbocycles. The van der Waals surface area contributed by atoms with Crippen LogP contribution in [0.5, 0.6) is 0 Å². The molecule has 0 bridgehead atoms. The van der Waals surface area contributed by atoms with Crippen LogP contribution in [0.25, 0.3) is 0 Å². The van der Waals surface area contributed by atoms with Gasteiger partial charge in [0, 0.05) is 13.2 Å². The average molecular weight is 268 g/mol. The largest absolute Gasteiger partial charge is 0.381 e. The van der Waals surface area contributed by atoms with Crippen molar-refractivity contribution in [2.24, 2.45) is 17.3 Å². The van der Waals surface area contributed by atoms with Gasteiger partial charge < -0.3 is 9.47 Å². The maximum absolute atomic E-state index is 6.24. The highest BCUT2D eigenvalue weighted by Gasteiger charge is 2.33. The third-order valence-electron chi connectivity index (χ3n) is 4.58. The van der Waals surface area contributed by atoms with Gasteiger partial charge in [0.05, 0.1) is 12.2 Å². The highest BCUT2D eigenvalue weighted by atomic mass is 16.5. The van der Waals surface area contributed by atoms with E-state index in [0.29, 0.717) is 17.6 Å². The highest BCUT2D eigenvalue weighted by molar-refractivity contribution is 4.83. The second-order valence-electron chi connectivity index (χ2n) is 7.89. The number of hydrogen-bond acceptors (Lipinski definition) is 2. The van der Waals surface area contributed by atoms with Gasteiger partial charge in [0.1, 0.15) is 0 Å². The molecule has 0 spiro atoms. The minimum absolute atomic E-state index is 0.399. The molecule has 0 aliphatic carbocycles. The first-order valence-corrected chi connectivity index (χ1v) is 8.18. The van der Waals surface area contributed by atoms with Crippen LogP contribution in [0.2, 0.25) is 0 Å². The van der Waals surface area contributed by atoms with Gasteiger partial charge >= 0.3 is 0 Å². The molecule has 2 fully saturated rings. The van der Waals surface area contributed by atoms with Gasteiger partial charge in [-0.1, -0.05) is 27.7 Å². The normalized spacial score (nSPS) is 32.4. The molecular weight excluding hydrogens is 236 g/mol. The van der Waals surface area contributed by atoms with Crippen LogP contribution in [0, 0.1) is 17.3 Å². The molecule has 0 aromatic rings. The Hall–Kier alpha value is -0.0800. The van der Waals surface area contributed by atoms with Crippen LogP contribution in [0.1, 0.15) is 66.2 Å². The smallest absolute Gasteiger partial charge is 0.0585 e. The molecule has 0 radical (unpaired) electrons. The van der Waals surface area contributed by atoms with E-state index in [2.05, 4.69) is 27.7 Å². The van der Waals surface area contributed by atoms with Gasteiger partial charge in [-0.25, -0.2) is 0 Å². The monoisotopic (exact) mass is 268 g/mol. The summed E-state index contributed by atoms with van der Waals surface area (Å²) in [6.45, 7) is 11.3. The zero-order chi connectivity index (χ0) is 13.9. The van der Waals surface area contributed by atoms with Crippen molar-refractivity contribution < 1.29 is 9.47 Å². The molecule has 0 N–H and O–H groups in total.